The highest BCUT2D eigenvalue weighted by Gasteiger charge is 2.27. The predicted octanol–water partition coefficient (Wildman–Crippen LogP) is 3.27. The monoisotopic (exact) mass is 392 g/mol. The first-order chi connectivity index (χ1) is 13.5. The number of alkyl halides is 2. The Kier molecular flexibility index (Phi) is 6.18. The molecule has 0 saturated carbocycles. The molecule has 1 fully saturated rings. The number of halogens is 2. The number of piperazine rings is 1. The van der Waals surface area contributed by atoms with Crippen molar-refractivity contribution in [2.45, 2.75) is 6.61 Å². The first-order valence-corrected chi connectivity index (χ1v) is 8.83. The van der Waals surface area contributed by atoms with E-state index in [0.717, 1.165) is 11.4 Å². The van der Waals surface area contributed by atoms with E-state index in [1.807, 2.05) is 24.3 Å². The molecule has 1 amide bonds. The molecule has 8 heteroatoms. The van der Waals surface area contributed by atoms with Crippen LogP contribution in [0.2, 0.25) is 0 Å². The Balaban J connectivity index is 1.71. The lowest BCUT2D eigenvalue weighted by Gasteiger charge is -2.36. The van der Waals surface area contributed by atoms with E-state index in [2.05, 4.69) is 9.64 Å². The number of anilines is 1. The van der Waals surface area contributed by atoms with Gasteiger partial charge < -0.3 is 24.0 Å². The molecule has 0 spiro atoms. The van der Waals surface area contributed by atoms with Gasteiger partial charge in [-0.1, -0.05) is 6.07 Å². The van der Waals surface area contributed by atoms with Gasteiger partial charge in [0, 0.05) is 31.9 Å². The Morgan fingerprint density at radius 1 is 0.964 bits per heavy atom. The molecule has 1 saturated heterocycles. The molecule has 0 aromatic heterocycles. The number of carbonyl (C=O) groups excluding carboxylic acids is 1. The van der Waals surface area contributed by atoms with Crippen LogP contribution in [0.15, 0.2) is 42.5 Å². The molecule has 0 N–H and O–H groups in total. The standard InChI is InChI=1S/C20H22F2N2O4/c1-26-15-8-6-14(7-9-15)23-10-12-24(13-11-23)19(25)16-4-3-5-17(27-2)18(16)28-20(21)22/h3-9,20H,10-13H2,1-2H3. The zero-order chi connectivity index (χ0) is 20.1. The van der Waals surface area contributed by atoms with Crippen molar-refractivity contribution in [2.24, 2.45) is 0 Å². The molecule has 1 aliphatic heterocycles. The largest absolute Gasteiger partial charge is 0.497 e. The molecule has 150 valence electrons. The maximum atomic E-state index is 12.9. The van der Waals surface area contributed by atoms with Crippen LogP contribution in [-0.2, 0) is 0 Å². The molecule has 2 aromatic rings. The molecule has 2 aromatic carbocycles. The van der Waals surface area contributed by atoms with Gasteiger partial charge in [0.15, 0.2) is 11.5 Å². The molecule has 3 rings (SSSR count). The smallest absolute Gasteiger partial charge is 0.387 e. The Morgan fingerprint density at radius 3 is 2.21 bits per heavy atom. The Bertz CT molecular complexity index is 806. The normalized spacial score (nSPS) is 14.2. The molecule has 1 heterocycles. The van der Waals surface area contributed by atoms with Crippen molar-refractivity contribution in [3.05, 3.63) is 48.0 Å². The molecule has 0 atom stereocenters. The molecule has 0 unspecified atom stereocenters. The van der Waals surface area contributed by atoms with Crippen LogP contribution in [0.25, 0.3) is 0 Å². The fraction of sp³-hybridized carbons (Fsp3) is 0.350. The molecule has 0 radical (unpaired) electrons. The molecular weight excluding hydrogens is 370 g/mol. The fourth-order valence-electron chi connectivity index (χ4n) is 3.19. The molecule has 0 bridgehead atoms. The molecule has 28 heavy (non-hydrogen) atoms. The summed E-state index contributed by atoms with van der Waals surface area (Å²) in [5.41, 5.74) is 1.11. The highest BCUT2D eigenvalue weighted by molar-refractivity contribution is 5.98. The maximum absolute atomic E-state index is 12.9. The number of hydrogen-bond acceptors (Lipinski definition) is 5. The van der Waals surface area contributed by atoms with Gasteiger partial charge in [-0.2, -0.15) is 8.78 Å². The lowest BCUT2D eigenvalue weighted by atomic mass is 10.1. The van der Waals surface area contributed by atoms with Crippen LogP contribution in [0.4, 0.5) is 14.5 Å². The van der Waals surface area contributed by atoms with Crippen LogP contribution in [0.5, 0.6) is 17.2 Å². The van der Waals surface area contributed by atoms with Crippen molar-refractivity contribution in [3.8, 4) is 17.2 Å². The number of para-hydroxylation sites is 1. The summed E-state index contributed by atoms with van der Waals surface area (Å²) >= 11 is 0. The highest BCUT2D eigenvalue weighted by Crippen LogP contribution is 2.33. The van der Waals surface area contributed by atoms with Crippen LogP contribution < -0.4 is 19.1 Å². The van der Waals surface area contributed by atoms with Crippen LogP contribution in [0.1, 0.15) is 10.4 Å². The summed E-state index contributed by atoms with van der Waals surface area (Å²) < 4.78 is 40.4. The first kappa shape index (κ1) is 19.7. The van der Waals surface area contributed by atoms with Crippen molar-refractivity contribution >= 4 is 11.6 Å². The molecule has 0 aliphatic carbocycles. The summed E-state index contributed by atoms with van der Waals surface area (Å²) in [5.74, 6) is 0.289. The second kappa shape index (κ2) is 8.77. The zero-order valence-corrected chi connectivity index (χ0v) is 15.7. The van der Waals surface area contributed by atoms with Crippen LogP contribution in [0.3, 0.4) is 0 Å². The lowest BCUT2D eigenvalue weighted by molar-refractivity contribution is -0.0516. The van der Waals surface area contributed by atoms with Crippen molar-refractivity contribution in [3.63, 3.8) is 0 Å². The van der Waals surface area contributed by atoms with Crippen LogP contribution in [-0.4, -0.2) is 57.8 Å². The van der Waals surface area contributed by atoms with E-state index in [1.165, 1.54) is 19.2 Å². The Hall–Kier alpha value is -3.03. The van der Waals surface area contributed by atoms with Crippen molar-refractivity contribution in [1.82, 2.24) is 4.90 Å². The van der Waals surface area contributed by atoms with Gasteiger partial charge in [-0.3, -0.25) is 4.79 Å². The number of benzene rings is 2. The predicted molar refractivity (Wildman–Crippen MR) is 101 cm³/mol. The molecule has 6 nitrogen and oxygen atoms in total. The second-order valence-electron chi connectivity index (χ2n) is 6.19. The number of hydrogen-bond donors (Lipinski definition) is 0. The minimum Gasteiger partial charge on any atom is -0.497 e. The summed E-state index contributed by atoms with van der Waals surface area (Å²) in [5, 5.41) is 0. The van der Waals surface area contributed by atoms with Crippen LogP contribution in [0, 0.1) is 0 Å². The van der Waals surface area contributed by atoms with E-state index in [0.29, 0.717) is 26.2 Å². The Morgan fingerprint density at radius 2 is 1.64 bits per heavy atom. The van der Waals surface area contributed by atoms with Gasteiger partial charge in [0.05, 0.1) is 19.8 Å². The van der Waals surface area contributed by atoms with E-state index in [1.54, 1.807) is 18.1 Å². The quantitative estimate of drug-likeness (QED) is 0.755. The average Bonchev–Trinajstić information content (AvgIpc) is 2.73. The van der Waals surface area contributed by atoms with Crippen molar-refractivity contribution in [2.75, 3.05) is 45.3 Å². The third-order valence-corrected chi connectivity index (χ3v) is 4.64. The van der Waals surface area contributed by atoms with E-state index in [9.17, 15) is 13.6 Å². The van der Waals surface area contributed by atoms with Gasteiger partial charge in [0.1, 0.15) is 5.75 Å². The second-order valence-corrected chi connectivity index (χ2v) is 6.19. The number of carbonyl (C=O) groups is 1. The number of methoxy groups -OCH3 is 2. The van der Waals surface area contributed by atoms with Crippen molar-refractivity contribution < 1.29 is 27.8 Å². The summed E-state index contributed by atoms with van der Waals surface area (Å²) in [6, 6.07) is 12.2. The van der Waals surface area contributed by atoms with Gasteiger partial charge >= 0.3 is 6.61 Å². The number of rotatable bonds is 6. The lowest BCUT2D eigenvalue weighted by Crippen LogP contribution is -2.48. The maximum Gasteiger partial charge on any atom is 0.387 e. The van der Waals surface area contributed by atoms with E-state index in [4.69, 9.17) is 9.47 Å². The summed E-state index contributed by atoms with van der Waals surface area (Å²) in [4.78, 5) is 16.7. The minimum atomic E-state index is -3.05. The third-order valence-electron chi connectivity index (χ3n) is 4.64. The summed E-state index contributed by atoms with van der Waals surface area (Å²) in [6.45, 7) is -0.846. The van der Waals surface area contributed by atoms with E-state index >= 15 is 0 Å². The van der Waals surface area contributed by atoms with E-state index < -0.39 is 6.61 Å². The van der Waals surface area contributed by atoms with Crippen molar-refractivity contribution in [1.29, 1.82) is 0 Å². The summed E-state index contributed by atoms with van der Waals surface area (Å²) in [6.07, 6.45) is 0. The fourth-order valence-corrected chi connectivity index (χ4v) is 3.19. The van der Waals surface area contributed by atoms with Gasteiger partial charge in [-0.25, -0.2) is 0 Å². The van der Waals surface area contributed by atoms with Gasteiger partial charge in [0.25, 0.3) is 5.91 Å². The van der Waals surface area contributed by atoms with Crippen LogP contribution >= 0.6 is 0 Å². The van der Waals surface area contributed by atoms with Gasteiger partial charge in [-0.05, 0) is 36.4 Å². The minimum absolute atomic E-state index is 0.0672. The topological polar surface area (TPSA) is 51.2 Å². The highest BCUT2D eigenvalue weighted by atomic mass is 19.3. The number of ether oxygens (including phenoxy) is 3. The van der Waals surface area contributed by atoms with Gasteiger partial charge in [0.2, 0.25) is 0 Å². The summed E-state index contributed by atoms with van der Waals surface area (Å²) in [7, 11) is 2.96. The zero-order valence-electron chi connectivity index (χ0n) is 15.7. The number of amides is 1. The third kappa shape index (κ3) is 4.27. The molecule has 1 aliphatic rings. The van der Waals surface area contributed by atoms with E-state index in [-0.39, 0.29) is 23.0 Å². The first-order valence-electron chi connectivity index (χ1n) is 8.83. The average molecular weight is 392 g/mol. The SMILES string of the molecule is COc1ccc(N2CCN(C(=O)c3cccc(OC)c3OC(F)F)CC2)cc1. The molecular formula is C20H22F2N2O4. The number of nitrogens with zero attached hydrogens (tertiary/aromatic N) is 2. The van der Waals surface area contributed by atoms with Gasteiger partial charge in [-0.15, -0.1) is 0 Å². The Labute approximate surface area is 162 Å².